The Morgan fingerprint density at radius 1 is 1.00 bits per heavy atom. The van der Waals surface area contributed by atoms with E-state index in [2.05, 4.69) is 54.0 Å². The molecule has 124 valence electrons. The van der Waals surface area contributed by atoms with Crippen LogP contribution in [0.15, 0.2) is 36.9 Å². The van der Waals surface area contributed by atoms with Crippen LogP contribution in [0.1, 0.15) is 51.5 Å². The van der Waals surface area contributed by atoms with Crippen LogP contribution < -0.4 is 4.90 Å². The maximum absolute atomic E-state index is 4.07. The predicted octanol–water partition coefficient (Wildman–Crippen LogP) is 5.11. The lowest BCUT2D eigenvalue weighted by molar-refractivity contribution is 0.702. The maximum Gasteiger partial charge on any atom is 0.115 e. The van der Waals surface area contributed by atoms with Crippen LogP contribution in [0.5, 0.6) is 0 Å². The zero-order valence-corrected chi connectivity index (χ0v) is 14.8. The average Bonchev–Trinajstić information content (AvgIpc) is 2.61. The van der Waals surface area contributed by atoms with Crippen LogP contribution in [0.3, 0.4) is 0 Å². The number of hydrogen-bond acceptors (Lipinski definition) is 3. The minimum absolute atomic E-state index is 1.09. The van der Waals surface area contributed by atoms with Crippen LogP contribution in [0.2, 0.25) is 0 Å². The zero-order chi connectivity index (χ0) is 16.5. The van der Waals surface area contributed by atoms with Gasteiger partial charge in [0.05, 0.1) is 0 Å². The molecule has 0 amide bonds. The van der Waals surface area contributed by atoms with Gasteiger partial charge in [0.1, 0.15) is 6.33 Å². The van der Waals surface area contributed by atoms with Crippen LogP contribution in [-0.4, -0.2) is 23.6 Å². The first-order chi connectivity index (χ1) is 11.3. The molecule has 2 aromatic rings. The fourth-order valence-corrected chi connectivity index (χ4v) is 2.91. The number of benzene rings is 1. The van der Waals surface area contributed by atoms with E-state index >= 15 is 0 Å². The van der Waals surface area contributed by atoms with Crippen LogP contribution >= 0.6 is 0 Å². The first-order valence-electron chi connectivity index (χ1n) is 8.85. The van der Waals surface area contributed by atoms with Crippen LogP contribution in [0.4, 0.5) is 5.69 Å². The van der Waals surface area contributed by atoms with E-state index in [9.17, 15) is 0 Å². The van der Waals surface area contributed by atoms with Crippen molar-refractivity contribution in [2.24, 2.45) is 0 Å². The number of unbranched alkanes of at least 4 members (excludes halogenated alkanes) is 3. The van der Waals surface area contributed by atoms with Gasteiger partial charge < -0.3 is 4.90 Å². The number of rotatable bonds is 4. The molecular weight excluding hydrogens is 282 g/mol. The van der Waals surface area contributed by atoms with Gasteiger partial charge in [0.15, 0.2) is 0 Å². The maximum atomic E-state index is 4.07. The minimum atomic E-state index is 1.09. The second kappa shape index (κ2) is 9.29. The molecule has 0 fully saturated rings. The Hall–Kier alpha value is -1.90. The van der Waals surface area contributed by atoms with Crippen molar-refractivity contribution < 1.29 is 0 Å². The highest BCUT2D eigenvalue weighted by atomic mass is 15.1. The highest BCUT2D eigenvalue weighted by Crippen LogP contribution is 2.30. The number of nitrogens with zero attached hydrogens (tertiary/aromatic N) is 3. The first kappa shape index (κ1) is 17.5. The summed E-state index contributed by atoms with van der Waals surface area (Å²) in [5.41, 5.74) is 5.08. The number of fused-ring (bicyclic) bond motifs is 1. The minimum Gasteiger partial charge on any atom is -0.374 e. The van der Waals surface area contributed by atoms with Crippen LogP contribution in [0, 0.1) is 0 Å². The molecule has 0 saturated heterocycles. The normalized spacial score (nSPS) is 13.1. The Kier molecular flexibility index (Phi) is 7.05. The Morgan fingerprint density at radius 3 is 2.35 bits per heavy atom. The molecule has 3 nitrogen and oxygen atoms in total. The molecule has 0 atom stereocenters. The van der Waals surface area contributed by atoms with E-state index in [1.165, 1.54) is 55.3 Å². The molecule has 0 bridgehead atoms. The predicted molar refractivity (Wildman–Crippen MR) is 98.9 cm³/mol. The number of hydrogen-bond donors (Lipinski definition) is 0. The third kappa shape index (κ3) is 5.05. The SMILES string of the molecule is CCCCCC.CN1CCCc2cc(-c3cncnc3)ccc21. The fraction of sp³-hybridized carbons (Fsp3) is 0.500. The van der Waals surface area contributed by atoms with E-state index in [1.54, 1.807) is 6.33 Å². The largest absolute Gasteiger partial charge is 0.374 e. The van der Waals surface area contributed by atoms with Crippen molar-refractivity contribution in [2.45, 2.75) is 52.4 Å². The number of aromatic nitrogens is 2. The molecule has 3 heteroatoms. The van der Waals surface area contributed by atoms with Gasteiger partial charge in [0.2, 0.25) is 0 Å². The van der Waals surface area contributed by atoms with E-state index in [4.69, 9.17) is 0 Å². The zero-order valence-electron chi connectivity index (χ0n) is 14.8. The molecule has 1 aromatic heterocycles. The van der Waals surface area contributed by atoms with Crippen molar-refractivity contribution in [3.63, 3.8) is 0 Å². The Morgan fingerprint density at radius 2 is 1.70 bits per heavy atom. The highest BCUT2D eigenvalue weighted by Gasteiger charge is 2.13. The van der Waals surface area contributed by atoms with Gasteiger partial charge in [0, 0.05) is 37.2 Å². The second-order valence-electron chi connectivity index (χ2n) is 6.20. The van der Waals surface area contributed by atoms with E-state index in [0.717, 1.165) is 12.1 Å². The van der Waals surface area contributed by atoms with Crippen molar-refractivity contribution in [3.8, 4) is 11.1 Å². The summed E-state index contributed by atoms with van der Waals surface area (Å²) in [6, 6.07) is 6.62. The molecule has 0 unspecified atom stereocenters. The van der Waals surface area contributed by atoms with E-state index in [-0.39, 0.29) is 0 Å². The van der Waals surface area contributed by atoms with E-state index in [0.29, 0.717) is 0 Å². The Bertz CT molecular complexity index is 577. The van der Waals surface area contributed by atoms with Gasteiger partial charge in [-0.1, -0.05) is 45.6 Å². The van der Waals surface area contributed by atoms with Gasteiger partial charge in [0.25, 0.3) is 0 Å². The second-order valence-corrected chi connectivity index (χ2v) is 6.20. The molecule has 1 aliphatic rings. The summed E-state index contributed by atoms with van der Waals surface area (Å²) < 4.78 is 0. The Labute approximate surface area is 140 Å². The molecule has 1 aliphatic heterocycles. The van der Waals surface area contributed by atoms with E-state index < -0.39 is 0 Å². The smallest absolute Gasteiger partial charge is 0.115 e. The van der Waals surface area contributed by atoms with Crippen molar-refractivity contribution in [2.75, 3.05) is 18.5 Å². The van der Waals surface area contributed by atoms with Crippen LogP contribution in [-0.2, 0) is 6.42 Å². The topological polar surface area (TPSA) is 29.0 Å². The summed E-state index contributed by atoms with van der Waals surface area (Å²) >= 11 is 0. The van der Waals surface area contributed by atoms with Gasteiger partial charge in [-0.05, 0) is 36.1 Å². The van der Waals surface area contributed by atoms with Crippen molar-refractivity contribution >= 4 is 5.69 Å². The fourth-order valence-electron chi connectivity index (χ4n) is 2.91. The number of aryl methyl sites for hydroxylation is 1. The Balaban J connectivity index is 0.000000277. The molecular formula is C20H29N3. The average molecular weight is 311 g/mol. The molecule has 23 heavy (non-hydrogen) atoms. The van der Waals surface area contributed by atoms with E-state index in [1.807, 2.05) is 12.4 Å². The lowest BCUT2D eigenvalue weighted by Gasteiger charge is -2.27. The molecule has 0 saturated carbocycles. The monoisotopic (exact) mass is 311 g/mol. The summed E-state index contributed by atoms with van der Waals surface area (Å²) in [5.74, 6) is 0. The first-order valence-corrected chi connectivity index (χ1v) is 8.85. The van der Waals surface area contributed by atoms with Crippen molar-refractivity contribution in [3.05, 3.63) is 42.5 Å². The quantitative estimate of drug-likeness (QED) is 0.734. The van der Waals surface area contributed by atoms with Crippen molar-refractivity contribution in [1.82, 2.24) is 9.97 Å². The lowest BCUT2D eigenvalue weighted by Crippen LogP contribution is -2.24. The lowest BCUT2D eigenvalue weighted by atomic mass is 9.97. The third-order valence-corrected chi connectivity index (χ3v) is 4.28. The third-order valence-electron chi connectivity index (χ3n) is 4.28. The molecule has 0 aliphatic carbocycles. The summed E-state index contributed by atoms with van der Waals surface area (Å²) in [6.45, 7) is 5.62. The standard InChI is InChI=1S/C14H15N3.C6H14/c1-17-6-2-3-12-7-11(4-5-14(12)17)13-8-15-10-16-9-13;1-3-5-6-4-2/h4-5,7-10H,2-3,6H2,1H3;3-6H2,1-2H3. The summed E-state index contributed by atoms with van der Waals surface area (Å²) in [6.07, 6.45) is 13.2. The summed E-state index contributed by atoms with van der Waals surface area (Å²) in [5, 5.41) is 0. The van der Waals surface area contributed by atoms with Gasteiger partial charge in [-0.15, -0.1) is 0 Å². The van der Waals surface area contributed by atoms with Crippen LogP contribution in [0.25, 0.3) is 11.1 Å². The van der Waals surface area contributed by atoms with Gasteiger partial charge >= 0.3 is 0 Å². The molecule has 0 radical (unpaired) electrons. The molecule has 2 heterocycles. The summed E-state index contributed by atoms with van der Waals surface area (Å²) in [7, 11) is 2.16. The molecule has 1 aromatic carbocycles. The number of anilines is 1. The molecule has 3 rings (SSSR count). The summed E-state index contributed by atoms with van der Waals surface area (Å²) in [4.78, 5) is 10.5. The molecule has 0 spiro atoms. The highest BCUT2D eigenvalue weighted by molar-refractivity contribution is 5.68. The molecule has 0 N–H and O–H groups in total. The van der Waals surface area contributed by atoms with Crippen molar-refractivity contribution in [1.29, 1.82) is 0 Å². The van der Waals surface area contributed by atoms with Gasteiger partial charge in [-0.25, -0.2) is 9.97 Å². The van der Waals surface area contributed by atoms with Gasteiger partial charge in [-0.2, -0.15) is 0 Å². The van der Waals surface area contributed by atoms with Gasteiger partial charge in [-0.3, -0.25) is 0 Å².